The molecule has 22 heavy (non-hydrogen) atoms. The average Bonchev–Trinajstić information content (AvgIpc) is 2.97. The first-order valence-corrected chi connectivity index (χ1v) is 7.79. The Hall–Kier alpha value is -1.61. The summed E-state index contributed by atoms with van der Waals surface area (Å²) < 4.78 is 5.82. The maximum Gasteiger partial charge on any atom is 0.134 e. The number of nitrogens with one attached hydrogen (secondary N) is 1. The van der Waals surface area contributed by atoms with E-state index in [1.807, 2.05) is 42.5 Å². The molecule has 0 spiro atoms. The van der Waals surface area contributed by atoms with Gasteiger partial charge in [0.2, 0.25) is 0 Å². The highest BCUT2D eigenvalue weighted by molar-refractivity contribution is 6.42. The van der Waals surface area contributed by atoms with E-state index in [2.05, 4.69) is 5.32 Å². The average molecular weight is 353 g/mol. The largest absolute Gasteiger partial charge is 0.459 e. The van der Waals surface area contributed by atoms with Gasteiger partial charge in [-0.15, -0.1) is 0 Å². The molecule has 0 fully saturated rings. The number of furan rings is 1. The van der Waals surface area contributed by atoms with Crippen LogP contribution in [0.3, 0.4) is 0 Å². The van der Waals surface area contributed by atoms with Crippen LogP contribution in [0, 0.1) is 0 Å². The summed E-state index contributed by atoms with van der Waals surface area (Å²) in [6.45, 7) is 0.554. The highest BCUT2D eigenvalue weighted by Crippen LogP contribution is 2.27. The van der Waals surface area contributed by atoms with E-state index in [-0.39, 0.29) is 0 Å². The molecule has 3 rings (SSSR count). The molecule has 5 heteroatoms. The minimum Gasteiger partial charge on any atom is -0.459 e. The van der Waals surface area contributed by atoms with Gasteiger partial charge in [-0.2, -0.15) is 0 Å². The van der Waals surface area contributed by atoms with Gasteiger partial charge in [0.25, 0.3) is 0 Å². The van der Waals surface area contributed by atoms with Crippen LogP contribution < -0.4 is 5.32 Å². The van der Waals surface area contributed by atoms with E-state index in [9.17, 15) is 0 Å². The molecule has 0 aliphatic carbocycles. The predicted octanol–water partition coefficient (Wildman–Crippen LogP) is 6.52. The first-order chi connectivity index (χ1) is 10.6. The van der Waals surface area contributed by atoms with E-state index in [0.717, 1.165) is 22.8 Å². The summed E-state index contributed by atoms with van der Waals surface area (Å²) in [6.07, 6.45) is 0. The second-order valence-corrected chi connectivity index (χ2v) is 6.01. The summed E-state index contributed by atoms with van der Waals surface area (Å²) in [5.74, 6) is 1.61. The molecule has 0 amide bonds. The van der Waals surface area contributed by atoms with E-state index < -0.39 is 0 Å². The summed E-state index contributed by atoms with van der Waals surface area (Å²) in [7, 11) is 0. The molecule has 1 heterocycles. The third-order valence-electron chi connectivity index (χ3n) is 3.16. The molecule has 0 atom stereocenters. The van der Waals surface area contributed by atoms with Gasteiger partial charge in [-0.3, -0.25) is 0 Å². The van der Waals surface area contributed by atoms with Gasteiger partial charge in [-0.05, 0) is 42.5 Å². The molecular formula is C17H12Cl3NO. The van der Waals surface area contributed by atoms with Gasteiger partial charge < -0.3 is 9.73 Å². The number of rotatable bonds is 4. The van der Waals surface area contributed by atoms with Crippen LogP contribution in [0.25, 0.3) is 11.3 Å². The lowest BCUT2D eigenvalue weighted by atomic mass is 10.2. The Balaban J connectivity index is 1.70. The Morgan fingerprint density at radius 3 is 2.50 bits per heavy atom. The number of hydrogen-bond acceptors (Lipinski definition) is 2. The van der Waals surface area contributed by atoms with Crippen LogP contribution in [0.1, 0.15) is 5.76 Å². The van der Waals surface area contributed by atoms with Gasteiger partial charge in [-0.25, -0.2) is 0 Å². The standard InChI is InChI=1S/C17H12Cl3NO/c18-12-3-1-2-11(8-12)17-7-5-14(22-17)10-21-13-4-6-15(19)16(20)9-13/h1-9,21H,10H2. The van der Waals surface area contributed by atoms with Gasteiger partial charge in [-0.1, -0.05) is 46.9 Å². The highest BCUT2D eigenvalue weighted by atomic mass is 35.5. The first kappa shape index (κ1) is 15.3. The van der Waals surface area contributed by atoms with Gasteiger partial charge in [0.1, 0.15) is 11.5 Å². The van der Waals surface area contributed by atoms with Crippen molar-refractivity contribution in [3.8, 4) is 11.3 Å². The number of hydrogen-bond donors (Lipinski definition) is 1. The molecular weight excluding hydrogens is 341 g/mol. The smallest absolute Gasteiger partial charge is 0.134 e. The van der Waals surface area contributed by atoms with Crippen LogP contribution in [0.2, 0.25) is 15.1 Å². The summed E-state index contributed by atoms with van der Waals surface area (Å²) in [4.78, 5) is 0. The maximum atomic E-state index is 5.99. The SMILES string of the molecule is Clc1cccc(-c2ccc(CNc3ccc(Cl)c(Cl)c3)o2)c1. The minimum absolute atomic E-state index is 0.519. The van der Waals surface area contributed by atoms with Crippen molar-refractivity contribution in [2.45, 2.75) is 6.54 Å². The topological polar surface area (TPSA) is 25.2 Å². The molecule has 1 aromatic heterocycles. The van der Waals surface area contributed by atoms with Crippen LogP contribution in [0.5, 0.6) is 0 Å². The second kappa shape index (κ2) is 6.66. The molecule has 0 saturated carbocycles. The van der Waals surface area contributed by atoms with E-state index in [1.54, 1.807) is 12.1 Å². The molecule has 2 aromatic carbocycles. The van der Waals surface area contributed by atoms with Crippen molar-refractivity contribution in [1.29, 1.82) is 0 Å². The molecule has 3 aromatic rings. The lowest BCUT2D eigenvalue weighted by Gasteiger charge is -2.05. The van der Waals surface area contributed by atoms with Crippen LogP contribution in [0.4, 0.5) is 5.69 Å². The van der Waals surface area contributed by atoms with Gasteiger partial charge in [0, 0.05) is 16.3 Å². The lowest BCUT2D eigenvalue weighted by molar-refractivity contribution is 0.531. The third kappa shape index (κ3) is 3.58. The quantitative estimate of drug-likeness (QED) is 0.578. The predicted molar refractivity (Wildman–Crippen MR) is 92.9 cm³/mol. The molecule has 0 saturated heterocycles. The fourth-order valence-corrected chi connectivity index (χ4v) is 2.55. The molecule has 0 aliphatic rings. The zero-order valence-electron chi connectivity index (χ0n) is 11.4. The van der Waals surface area contributed by atoms with Crippen LogP contribution in [-0.4, -0.2) is 0 Å². The Bertz CT molecular complexity index is 798. The van der Waals surface area contributed by atoms with Crippen LogP contribution >= 0.6 is 34.8 Å². The Kier molecular flexibility index (Phi) is 4.63. The van der Waals surface area contributed by atoms with Crippen molar-refractivity contribution in [3.63, 3.8) is 0 Å². The summed E-state index contributed by atoms with van der Waals surface area (Å²) in [5, 5.41) is 4.98. The van der Waals surface area contributed by atoms with E-state index in [0.29, 0.717) is 21.6 Å². The third-order valence-corrected chi connectivity index (χ3v) is 4.13. The monoisotopic (exact) mass is 351 g/mol. The summed E-state index contributed by atoms with van der Waals surface area (Å²) in [5.41, 5.74) is 1.84. The Labute approximate surface area is 143 Å². The lowest BCUT2D eigenvalue weighted by Crippen LogP contribution is -1.97. The number of anilines is 1. The fourth-order valence-electron chi connectivity index (χ4n) is 2.07. The second-order valence-electron chi connectivity index (χ2n) is 4.76. The molecule has 0 unspecified atom stereocenters. The van der Waals surface area contributed by atoms with Crippen molar-refractivity contribution in [2.24, 2.45) is 0 Å². The first-order valence-electron chi connectivity index (χ1n) is 6.65. The molecule has 1 N–H and O–H groups in total. The number of halogens is 3. The molecule has 2 nitrogen and oxygen atoms in total. The zero-order valence-corrected chi connectivity index (χ0v) is 13.7. The summed E-state index contributed by atoms with van der Waals surface area (Å²) >= 11 is 17.9. The minimum atomic E-state index is 0.519. The molecule has 0 radical (unpaired) electrons. The molecule has 0 bridgehead atoms. The normalized spacial score (nSPS) is 10.7. The number of benzene rings is 2. The Morgan fingerprint density at radius 1 is 0.864 bits per heavy atom. The van der Waals surface area contributed by atoms with Crippen molar-refractivity contribution in [3.05, 3.63) is 75.4 Å². The molecule has 112 valence electrons. The fraction of sp³-hybridized carbons (Fsp3) is 0.0588. The van der Waals surface area contributed by atoms with E-state index in [4.69, 9.17) is 39.2 Å². The highest BCUT2D eigenvalue weighted by Gasteiger charge is 2.06. The van der Waals surface area contributed by atoms with E-state index in [1.165, 1.54) is 0 Å². The Morgan fingerprint density at radius 2 is 1.73 bits per heavy atom. The summed E-state index contributed by atoms with van der Waals surface area (Å²) in [6, 6.07) is 16.8. The van der Waals surface area contributed by atoms with E-state index >= 15 is 0 Å². The van der Waals surface area contributed by atoms with Gasteiger partial charge in [0.05, 0.1) is 16.6 Å². The van der Waals surface area contributed by atoms with Crippen molar-refractivity contribution >= 4 is 40.5 Å². The van der Waals surface area contributed by atoms with Gasteiger partial charge >= 0.3 is 0 Å². The van der Waals surface area contributed by atoms with Crippen molar-refractivity contribution < 1.29 is 4.42 Å². The van der Waals surface area contributed by atoms with Crippen LogP contribution in [-0.2, 0) is 6.54 Å². The van der Waals surface area contributed by atoms with Gasteiger partial charge in [0.15, 0.2) is 0 Å². The van der Waals surface area contributed by atoms with Crippen LogP contribution in [0.15, 0.2) is 59.0 Å². The maximum absolute atomic E-state index is 5.99. The van der Waals surface area contributed by atoms with Crippen molar-refractivity contribution in [2.75, 3.05) is 5.32 Å². The molecule has 0 aliphatic heterocycles. The zero-order chi connectivity index (χ0) is 15.5. The van der Waals surface area contributed by atoms with Crippen molar-refractivity contribution in [1.82, 2.24) is 0 Å².